The first-order chi connectivity index (χ1) is 10.9. The molecule has 6 nitrogen and oxygen atoms in total. The van der Waals surface area contributed by atoms with E-state index in [4.69, 9.17) is 12.2 Å². The number of carbonyl (C=O) groups excluding carboxylic acids is 1. The number of aromatic nitrogens is 3. The molecule has 3 rings (SSSR count). The number of halogens is 1. The van der Waals surface area contributed by atoms with Crippen LogP contribution in [0.5, 0.6) is 0 Å². The van der Waals surface area contributed by atoms with Crippen LogP contribution >= 0.6 is 12.2 Å². The van der Waals surface area contributed by atoms with E-state index in [1.54, 1.807) is 0 Å². The average molecular weight is 336 g/mol. The Morgan fingerprint density at radius 3 is 3.00 bits per heavy atom. The minimum absolute atomic E-state index is 0.133. The molecule has 122 valence electrons. The van der Waals surface area contributed by atoms with Gasteiger partial charge in [-0.25, -0.2) is 4.39 Å². The molecule has 1 aromatic heterocycles. The van der Waals surface area contributed by atoms with Crippen LogP contribution in [0.25, 0.3) is 0 Å². The van der Waals surface area contributed by atoms with E-state index < -0.39 is 17.3 Å². The monoisotopic (exact) mass is 336 g/mol. The second kappa shape index (κ2) is 5.86. The normalized spacial score (nSPS) is 16.8. The predicted octanol–water partition coefficient (Wildman–Crippen LogP) is 1.94. The molecular formula is C15H17FN4O2S. The highest BCUT2D eigenvalue weighted by Crippen LogP contribution is 2.35. The SMILES string of the molecule is CC(O)(C(=O)NCc1n[nH]c(=S)n1C1CC1)c1cccc(F)c1. The van der Waals surface area contributed by atoms with E-state index in [0.717, 1.165) is 18.9 Å². The van der Waals surface area contributed by atoms with E-state index >= 15 is 0 Å². The van der Waals surface area contributed by atoms with E-state index in [1.165, 1.54) is 25.1 Å². The Morgan fingerprint density at radius 1 is 1.61 bits per heavy atom. The number of aliphatic hydroxyl groups is 1. The number of aromatic amines is 1. The maximum absolute atomic E-state index is 13.3. The summed E-state index contributed by atoms with van der Waals surface area (Å²) in [6.07, 6.45) is 2.07. The summed E-state index contributed by atoms with van der Waals surface area (Å²) in [6, 6.07) is 5.68. The van der Waals surface area contributed by atoms with Gasteiger partial charge in [-0.3, -0.25) is 14.5 Å². The molecule has 0 bridgehead atoms. The van der Waals surface area contributed by atoms with E-state index in [1.807, 2.05) is 4.57 Å². The summed E-state index contributed by atoms with van der Waals surface area (Å²) in [6.45, 7) is 1.46. The zero-order valence-electron chi connectivity index (χ0n) is 12.5. The number of carbonyl (C=O) groups is 1. The van der Waals surface area contributed by atoms with Crippen molar-refractivity contribution in [2.45, 2.75) is 38.0 Å². The molecule has 0 aliphatic heterocycles. The van der Waals surface area contributed by atoms with Crippen molar-refractivity contribution in [2.24, 2.45) is 0 Å². The summed E-state index contributed by atoms with van der Waals surface area (Å²) < 4.78 is 15.7. The van der Waals surface area contributed by atoms with Crippen molar-refractivity contribution in [3.63, 3.8) is 0 Å². The van der Waals surface area contributed by atoms with Gasteiger partial charge >= 0.3 is 0 Å². The van der Waals surface area contributed by atoms with Crippen LogP contribution in [0.1, 0.15) is 37.2 Å². The van der Waals surface area contributed by atoms with Crippen LogP contribution in [0, 0.1) is 10.6 Å². The molecule has 0 radical (unpaired) electrons. The molecule has 1 aromatic carbocycles. The first-order valence-electron chi connectivity index (χ1n) is 7.32. The van der Waals surface area contributed by atoms with E-state index in [-0.39, 0.29) is 12.1 Å². The highest BCUT2D eigenvalue weighted by atomic mass is 32.1. The molecule has 3 N–H and O–H groups in total. The summed E-state index contributed by atoms with van der Waals surface area (Å²) in [4.78, 5) is 12.3. The lowest BCUT2D eigenvalue weighted by molar-refractivity contribution is -0.139. The van der Waals surface area contributed by atoms with Gasteiger partial charge in [0.2, 0.25) is 0 Å². The fraction of sp³-hybridized carbons (Fsp3) is 0.400. The van der Waals surface area contributed by atoms with Gasteiger partial charge in [0.25, 0.3) is 5.91 Å². The molecule has 1 aliphatic carbocycles. The Bertz CT molecular complexity index is 795. The van der Waals surface area contributed by atoms with Crippen LogP contribution in [0.2, 0.25) is 0 Å². The van der Waals surface area contributed by atoms with Crippen molar-refractivity contribution in [1.29, 1.82) is 0 Å². The van der Waals surface area contributed by atoms with Gasteiger partial charge in [-0.15, -0.1) is 0 Å². The smallest absolute Gasteiger partial charge is 0.256 e. The van der Waals surface area contributed by atoms with Crippen molar-refractivity contribution in [3.8, 4) is 0 Å². The van der Waals surface area contributed by atoms with Crippen LogP contribution in [-0.2, 0) is 16.9 Å². The lowest BCUT2D eigenvalue weighted by atomic mass is 9.95. The van der Waals surface area contributed by atoms with E-state index in [9.17, 15) is 14.3 Å². The molecule has 0 spiro atoms. The molecule has 23 heavy (non-hydrogen) atoms. The zero-order valence-corrected chi connectivity index (χ0v) is 13.4. The molecule has 1 unspecified atom stereocenters. The summed E-state index contributed by atoms with van der Waals surface area (Å²) in [5, 5.41) is 19.9. The largest absolute Gasteiger partial charge is 0.376 e. The number of H-pyrrole nitrogens is 1. The fourth-order valence-corrected chi connectivity index (χ4v) is 2.73. The quantitative estimate of drug-likeness (QED) is 0.729. The number of benzene rings is 1. The predicted molar refractivity (Wildman–Crippen MR) is 83.5 cm³/mol. The van der Waals surface area contributed by atoms with Gasteiger partial charge in [-0.2, -0.15) is 5.10 Å². The molecule has 1 amide bonds. The molecule has 1 atom stereocenters. The van der Waals surface area contributed by atoms with Gasteiger partial charge in [0.15, 0.2) is 16.2 Å². The van der Waals surface area contributed by atoms with Crippen LogP contribution < -0.4 is 5.32 Å². The number of hydrogen-bond acceptors (Lipinski definition) is 4. The molecule has 1 fully saturated rings. The standard InChI is InChI=1S/C15H17FN4O2S/c1-15(22,9-3-2-4-10(16)7-9)13(21)17-8-12-18-19-14(23)20(12)11-5-6-11/h2-4,7,11,22H,5-6,8H2,1H3,(H,17,21)(H,19,23). The number of rotatable bonds is 5. The van der Waals surface area contributed by atoms with Gasteiger partial charge in [0.1, 0.15) is 5.82 Å². The lowest BCUT2D eigenvalue weighted by Crippen LogP contribution is -2.42. The molecular weight excluding hydrogens is 319 g/mol. The van der Waals surface area contributed by atoms with Crippen LogP contribution in [-0.4, -0.2) is 25.8 Å². The maximum atomic E-state index is 13.3. The number of nitrogens with one attached hydrogen (secondary N) is 2. The Labute approximate surface area is 137 Å². The van der Waals surface area contributed by atoms with Gasteiger partial charge in [-0.1, -0.05) is 12.1 Å². The van der Waals surface area contributed by atoms with Crippen LogP contribution in [0.15, 0.2) is 24.3 Å². The highest BCUT2D eigenvalue weighted by Gasteiger charge is 2.33. The summed E-state index contributed by atoms with van der Waals surface area (Å²) in [5.41, 5.74) is -1.64. The van der Waals surface area contributed by atoms with Crippen molar-refractivity contribution >= 4 is 18.1 Å². The molecule has 1 heterocycles. The van der Waals surface area contributed by atoms with Gasteiger partial charge in [-0.05, 0) is 49.7 Å². The first kappa shape index (κ1) is 15.8. The number of amides is 1. The minimum atomic E-state index is -1.83. The maximum Gasteiger partial charge on any atom is 0.256 e. The van der Waals surface area contributed by atoms with Crippen molar-refractivity contribution in [1.82, 2.24) is 20.1 Å². The first-order valence-corrected chi connectivity index (χ1v) is 7.73. The minimum Gasteiger partial charge on any atom is -0.376 e. The van der Waals surface area contributed by atoms with E-state index in [0.29, 0.717) is 16.6 Å². The third kappa shape index (κ3) is 3.18. The summed E-state index contributed by atoms with van der Waals surface area (Å²) in [5.74, 6) is -0.523. The second-order valence-corrected chi connectivity index (χ2v) is 6.20. The number of hydrogen-bond donors (Lipinski definition) is 3. The van der Waals surface area contributed by atoms with Gasteiger partial charge in [0.05, 0.1) is 6.54 Å². The molecule has 1 aliphatic rings. The molecule has 1 saturated carbocycles. The molecule has 8 heteroatoms. The third-order valence-electron chi connectivity index (χ3n) is 3.93. The van der Waals surface area contributed by atoms with Crippen molar-refractivity contribution in [2.75, 3.05) is 0 Å². The van der Waals surface area contributed by atoms with Crippen molar-refractivity contribution in [3.05, 3.63) is 46.2 Å². The van der Waals surface area contributed by atoms with Crippen molar-refractivity contribution < 1.29 is 14.3 Å². The Balaban J connectivity index is 1.73. The topological polar surface area (TPSA) is 82.9 Å². The summed E-state index contributed by atoms with van der Waals surface area (Å²) >= 11 is 5.17. The van der Waals surface area contributed by atoms with Crippen LogP contribution in [0.4, 0.5) is 4.39 Å². The highest BCUT2D eigenvalue weighted by molar-refractivity contribution is 7.71. The van der Waals surface area contributed by atoms with Gasteiger partial charge in [0, 0.05) is 6.04 Å². The van der Waals surface area contributed by atoms with Gasteiger partial charge < -0.3 is 10.4 Å². The Morgan fingerprint density at radius 2 is 2.35 bits per heavy atom. The summed E-state index contributed by atoms with van der Waals surface area (Å²) in [7, 11) is 0. The number of nitrogens with zero attached hydrogens (tertiary/aromatic N) is 2. The molecule has 2 aromatic rings. The van der Waals surface area contributed by atoms with E-state index in [2.05, 4.69) is 15.5 Å². The Kier molecular flexibility index (Phi) is 4.03. The van der Waals surface area contributed by atoms with Crippen LogP contribution in [0.3, 0.4) is 0 Å². The average Bonchev–Trinajstić information content (AvgIpc) is 3.28. The molecule has 0 saturated heterocycles. The Hall–Kier alpha value is -2.06. The fourth-order valence-electron chi connectivity index (χ4n) is 2.43. The third-order valence-corrected chi connectivity index (χ3v) is 4.21. The lowest BCUT2D eigenvalue weighted by Gasteiger charge is -2.22. The zero-order chi connectivity index (χ0) is 16.6. The second-order valence-electron chi connectivity index (χ2n) is 5.81.